The lowest BCUT2D eigenvalue weighted by Gasteiger charge is -2.26. The van der Waals surface area contributed by atoms with Crippen LogP contribution >= 0.6 is 11.3 Å². The number of aryl methyl sites for hydroxylation is 1. The zero-order valence-corrected chi connectivity index (χ0v) is 20.7. The Morgan fingerprint density at radius 1 is 1.16 bits per heavy atom. The molecule has 0 saturated heterocycles. The van der Waals surface area contributed by atoms with Gasteiger partial charge in [-0.05, 0) is 75.1 Å². The fourth-order valence-electron chi connectivity index (χ4n) is 4.73. The lowest BCUT2D eigenvalue weighted by molar-refractivity contribution is 0.121. The first-order valence-corrected chi connectivity index (χ1v) is 13.8. The van der Waals surface area contributed by atoms with Gasteiger partial charge < -0.3 is 15.2 Å². The van der Waals surface area contributed by atoms with Crippen LogP contribution in [0.3, 0.4) is 0 Å². The van der Waals surface area contributed by atoms with Gasteiger partial charge in [0.1, 0.15) is 16.7 Å². The normalized spacial score (nSPS) is 23.1. The molecule has 2 aliphatic rings. The Balaban J connectivity index is 1.47. The molecular weight excluding hydrogens is 442 g/mol. The Morgan fingerprint density at radius 2 is 1.91 bits per heavy atom. The molecule has 1 unspecified atom stereocenters. The minimum atomic E-state index is -1.38. The van der Waals surface area contributed by atoms with Gasteiger partial charge in [-0.15, -0.1) is 0 Å². The van der Waals surface area contributed by atoms with Crippen LogP contribution in [0.25, 0.3) is 10.4 Å². The van der Waals surface area contributed by atoms with Crippen molar-refractivity contribution in [3.05, 3.63) is 23.9 Å². The van der Waals surface area contributed by atoms with Crippen LogP contribution in [0.1, 0.15) is 63.5 Å². The van der Waals surface area contributed by atoms with E-state index in [0.717, 1.165) is 59.4 Å². The highest BCUT2D eigenvalue weighted by Gasteiger charge is 2.23. The highest BCUT2D eigenvalue weighted by Crippen LogP contribution is 2.36. The summed E-state index contributed by atoms with van der Waals surface area (Å²) >= 11 is 1.66. The third kappa shape index (κ3) is 5.90. The molecule has 1 aromatic heterocycles. The predicted molar refractivity (Wildman–Crippen MR) is 132 cm³/mol. The summed E-state index contributed by atoms with van der Waals surface area (Å²) in [5, 5.41) is 14.2. The number of benzene rings is 1. The summed E-state index contributed by atoms with van der Waals surface area (Å²) in [4.78, 5) is 6.50. The highest BCUT2D eigenvalue weighted by molar-refractivity contribution is 7.83. The molecule has 0 spiro atoms. The van der Waals surface area contributed by atoms with Crippen LogP contribution in [-0.2, 0) is 11.0 Å². The van der Waals surface area contributed by atoms with Gasteiger partial charge in [-0.1, -0.05) is 30.6 Å². The Kier molecular flexibility index (Phi) is 8.21. The van der Waals surface area contributed by atoms with E-state index in [1.54, 1.807) is 18.4 Å². The largest absolute Gasteiger partial charge is 0.495 e. The number of methoxy groups -OCH3 is 1. The average molecular weight is 478 g/mol. The maximum atomic E-state index is 13.2. The second-order valence-electron chi connectivity index (χ2n) is 9.08. The number of nitrogens with one attached hydrogen (secondary N) is 2. The monoisotopic (exact) mass is 477 g/mol. The predicted octanol–water partition coefficient (Wildman–Crippen LogP) is 5.04. The van der Waals surface area contributed by atoms with Gasteiger partial charge in [-0.25, -0.2) is 13.9 Å². The van der Waals surface area contributed by atoms with Crippen LogP contribution < -0.4 is 14.8 Å². The summed E-state index contributed by atoms with van der Waals surface area (Å²) in [6, 6.07) is 6.02. The molecule has 1 atom stereocenters. The van der Waals surface area contributed by atoms with Crippen molar-refractivity contribution in [3.63, 3.8) is 0 Å². The maximum Gasteiger partial charge on any atom is 0.183 e. The van der Waals surface area contributed by atoms with Crippen molar-refractivity contribution in [2.45, 2.75) is 81.8 Å². The molecule has 3 N–H and O–H groups in total. The Labute approximate surface area is 197 Å². The third-order valence-corrected chi connectivity index (χ3v) is 9.09. The smallest absolute Gasteiger partial charge is 0.183 e. The molecule has 0 amide bonds. The van der Waals surface area contributed by atoms with Crippen LogP contribution in [0.4, 0.5) is 5.13 Å². The number of aromatic nitrogens is 1. The number of hydrogen-bond donors (Lipinski definition) is 3. The summed E-state index contributed by atoms with van der Waals surface area (Å²) in [7, 11) is 0.227. The van der Waals surface area contributed by atoms with Crippen molar-refractivity contribution in [2.24, 2.45) is 5.92 Å². The fraction of sp³-hybridized carbons (Fsp3) is 0.625. The molecule has 6 nitrogen and oxygen atoms in total. The number of rotatable bonds is 8. The number of ether oxygens (including phenoxy) is 1. The van der Waals surface area contributed by atoms with E-state index in [1.165, 1.54) is 32.1 Å². The first-order valence-electron chi connectivity index (χ1n) is 11.8. The molecule has 2 fully saturated rings. The molecule has 0 bridgehead atoms. The van der Waals surface area contributed by atoms with Gasteiger partial charge in [0.25, 0.3) is 0 Å². The first kappa shape index (κ1) is 23.7. The molecule has 2 aliphatic carbocycles. The number of nitrogens with zero attached hydrogens (tertiary/aromatic N) is 1. The van der Waals surface area contributed by atoms with E-state index in [9.17, 15) is 9.32 Å². The van der Waals surface area contributed by atoms with Gasteiger partial charge in [0, 0.05) is 12.6 Å². The van der Waals surface area contributed by atoms with E-state index < -0.39 is 11.0 Å². The Hall–Kier alpha value is -1.48. The SMILES string of the molecule is COc1ccc(-c2sc(NCC3CCCCC3)nc2C)cc1S(=O)NC1CCC(O)CC1. The Bertz CT molecular complexity index is 919. The lowest BCUT2D eigenvalue weighted by Crippen LogP contribution is -2.35. The third-order valence-electron chi connectivity index (χ3n) is 6.66. The lowest BCUT2D eigenvalue weighted by atomic mass is 9.89. The van der Waals surface area contributed by atoms with Crippen LogP contribution in [0.2, 0.25) is 0 Å². The topological polar surface area (TPSA) is 83.5 Å². The molecule has 4 rings (SSSR count). The molecule has 0 radical (unpaired) electrons. The molecular formula is C24H35N3O3S2. The van der Waals surface area contributed by atoms with Gasteiger partial charge in [0.05, 0.1) is 28.7 Å². The van der Waals surface area contributed by atoms with Gasteiger partial charge in [0.15, 0.2) is 5.13 Å². The molecule has 1 aromatic carbocycles. The zero-order chi connectivity index (χ0) is 22.5. The van der Waals surface area contributed by atoms with E-state index in [-0.39, 0.29) is 12.1 Å². The molecule has 1 heterocycles. The van der Waals surface area contributed by atoms with Gasteiger partial charge in [-0.3, -0.25) is 0 Å². The standard InChI is InChI=1S/C24H35N3O3S2/c1-16-23(31-24(26-16)25-15-17-6-4-3-5-7-17)18-8-13-21(30-2)22(14-18)32(29)27-19-9-11-20(28)12-10-19/h8,13-14,17,19-20,27-28H,3-7,9-12,15H2,1-2H3,(H,25,26). The van der Waals surface area contributed by atoms with Crippen molar-refractivity contribution < 1.29 is 14.1 Å². The number of anilines is 1. The fourth-order valence-corrected chi connectivity index (χ4v) is 6.94. The van der Waals surface area contributed by atoms with Gasteiger partial charge in [0.2, 0.25) is 0 Å². The molecule has 2 saturated carbocycles. The van der Waals surface area contributed by atoms with Gasteiger partial charge in [-0.2, -0.15) is 0 Å². The second kappa shape index (κ2) is 11.1. The van der Waals surface area contributed by atoms with E-state index in [2.05, 4.69) is 10.0 Å². The zero-order valence-electron chi connectivity index (χ0n) is 19.1. The molecule has 0 aliphatic heterocycles. The summed E-state index contributed by atoms with van der Waals surface area (Å²) in [6.07, 6.45) is 9.62. The minimum Gasteiger partial charge on any atom is -0.495 e. The number of hydrogen-bond acceptors (Lipinski definition) is 6. The van der Waals surface area contributed by atoms with Crippen molar-refractivity contribution in [1.29, 1.82) is 0 Å². The van der Waals surface area contributed by atoms with Crippen LogP contribution in [0, 0.1) is 12.8 Å². The van der Waals surface area contributed by atoms with Crippen LogP contribution in [-0.4, -0.2) is 40.1 Å². The van der Waals surface area contributed by atoms with E-state index >= 15 is 0 Å². The van der Waals surface area contributed by atoms with Crippen molar-refractivity contribution >= 4 is 27.5 Å². The van der Waals surface area contributed by atoms with Crippen molar-refractivity contribution in [2.75, 3.05) is 19.0 Å². The molecule has 8 heteroatoms. The minimum absolute atomic E-state index is 0.147. The highest BCUT2D eigenvalue weighted by atomic mass is 32.2. The molecule has 2 aromatic rings. The summed E-state index contributed by atoms with van der Waals surface area (Å²) in [6.45, 7) is 3.02. The summed E-state index contributed by atoms with van der Waals surface area (Å²) in [5.41, 5.74) is 1.99. The molecule has 32 heavy (non-hydrogen) atoms. The van der Waals surface area contributed by atoms with Crippen molar-refractivity contribution in [3.8, 4) is 16.2 Å². The number of thiazole rings is 1. The van der Waals surface area contributed by atoms with E-state index in [0.29, 0.717) is 10.6 Å². The first-order chi connectivity index (χ1) is 15.5. The number of aliphatic hydroxyl groups excluding tert-OH is 1. The average Bonchev–Trinajstić information content (AvgIpc) is 3.20. The maximum absolute atomic E-state index is 13.2. The van der Waals surface area contributed by atoms with E-state index in [1.807, 2.05) is 25.1 Å². The van der Waals surface area contributed by atoms with Crippen molar-refractivity contribution in [1.82, 2.24) is 9.71 Å². The quantitative estimate of drug-likeness (QED) is 0.496. The van der Waals surface area contributed by atoms with Gasteiger partial charge >= 0.3 is 0 Å². The van der Waals surface area contributed by atoms with E-state index in [4.69, 9.17) is 9.72 Å². The summed E-state index contributed by atoms with van der Waals surface area (Å²) in [5.74, 6) is 1.37. The van der Waals surface area contributed by atoms with Crippen LogP contribution in [0.5, 0.6) is 5.75 Å². The summed E-state index contributed by atoms with van der Waals surface area (Å²) < 4.78 is 21.9. The number of aliphatic hydroxyl groups is 1. The molecule has 176 valence electrons. The Morgan fingerprint density at radius 3 is 2.62 bits per heavy atom. The van der Waals surface area contributed by atoms with Crippen LogP contribution in [0.15, 0.2) is 23.1 Å². The second-order valence-corrected chi connectivity index (χ2v) is 11.3.